The molecule has 0 aliphatic carbocycles. The van der Waals surface area contributed by atoms with Crippen molar-refractivity contribution in [1.82, 2.24) is 9.80 Å². The molecule has 3 amide bonds. The van der Waals surface area contributed by atoms with E-state index in [-0.39, 0.29) is 43.1 Å². The molecule has 0 aromatic heterocycles. The molecule has 0 N–H and O–H groups in total. The number of carbonyl (C=O) groups excluding carboxylic acids is 3. The van der Waals surface area contributed by atoms with Crippen LogP contribution >= 0.6 is 12.2 Å². The Labute approximate surface area is 258 Å². The van der Waals surface area contributed by atoms with Crippen molar-refractivity contribution >= 4 is 47.0 Å². The average molecular weight is 636 g/mol. The van der Waals surface area contributed by atoms with Crippen LogP contribution in [0.1, 0.15) is 56.1 Å². The SMILES string of the molecule is CN(C(=O)C(C)(C)N(C=S)c1ccc(C(=O)N2CCN(C(=O)OC(C)(C)C)CC2)c(F)c1)c1ccc(C#N)c(C(F)(F)F)c1. The van der Waals surface area contributed by atoms with Gasteiger partial charge < -0.3 is 24.3 Å². The molecule has 1 aliphatic heterocycles. The summed E-state index contributed by atoms with van der Waals surface area (Å²) in [5, 5.41) is 9.07. The molecule has 0 radical (unpaired) electrons. The fourth-order valence-corrected chi connectivity index (χ4v) is 5.02. The number of thiocarbonyl (C=S) groups is 1. The number of carbonyl (C=O) groups is 3. The Morgan fingerprint density at radius 1 is 0.955 bits per heavy atom. The van der Waals surface area contributed by atoms with E-state index >= 15 is 4.39 Å². The molecular weight excluding hydrogens is 602 g/mol. The van der Waals surface area contributed by atoms with E-state index < -0.39 is 52.2 Å². The van der Waals surface area contributed by atoms with Gasteiger partial charge in [-0.2, -0.15) is 18.4 Å². The molecule has 1 fully saturated rings. The summed E-state index contributed by atoms with van der Waals surface area (Å²) < 4.78 is 61.2. The molecule has 0 atom stereocenters. The van der Waals surface area contributed by atoms with Crippen molar-refractivity contribution in [3.8, 4) is 6.07 Å². The Balaban J connectivity index is 1.79. The number of ether oxygens (including phenoxy) is 1. The van der Waals surface area contributed by atoms with Gasteiger partial charge in [-0.15, -0.1) is 0 Å². The predicted octanol–water partition coefficient (Wildman–Crippen LogP) is 5.61. The zero-order valence-corrected chi connectivity index (χ0v) is 26.0. The van der Waals surface area contributed by atoms with Crippen LogP contribution < -0.4 is 9.80 Å². The monoisotopic (exact) mass is 635 g/mol. The van der Waals surface area contributed by atoms with E-state index in [0.29, 0.717) is 6.07 Å². The van der Waals surface area contributed by atoms with Crippen molar-refractivity contribution in [2.75, 3.05) is 43.0 Å². The lowest BCUT2D eigenvalue weighted by molar-refractivity contribution is -0.137. The minimum Gasteiger partial charge on any atom is -0.444 e. The first-order valence-electron chi connectivity index (χ1n) is 13.5. The Morgan fingerprint density at radius 2 is 1.52 bits per heavy atom. The van der Waals surface area contributed by atoms with Crippen LogP contribution in [0.15, 0.2) is 36.4 Å². The van der Waals surface area contributed by atoms with Crippen LogP contribution in [0.3, 0.4) is 0 Å². The summed E-state index contributed by atoms with van der Waals surface area (Å²) in [6, 6.07) is 8.13. The highest BCUT2D eigenvalue weighted by Crippen LogP contribution is 2.35. The van der Waals surface area contributed by atoms with Gasteiger partial charge in [0.1, 0.15) is 17.0 Å². The van der Waals surface area contributed by atoms with Crippen molar-refractivity contribution in [1.29, 1.82) is 5.26 Å². The fourth-order valence-electron chi connectivity index (χ4n) is 4.64. The maximum absolute atomic E-state index is 15.3. The number of nitrogens with zero attached hydrogens (tertiary/aromatic N) is 5. The second-order valence-corrected chi connectivity index (χ2v) is 11.9. The number of likely N-dealkylation sites (N-methyl/N-ethyl adjacent to an activating group) is 1. The molecule has 0 bridgehead atoms. The van der Waals surface area contributed by atoms with Crippen LogP contribution in [0.5, 0.6) is 0 Å². The first-order chi connectivity index (χ1) is 20.3. The van der Waals surface area contributed by atoms with Crippen LogP contribution in [-0.4, -0.2) is 77.6 Å². The maximum Gasteiger partial charge on any atom is 0.417 e. The summed E-state index contributed by atoms with van der Waals surface area (Å²) in [5.74, 6) is -2.13. The van der Waals surface area contributed by atoms with Gasteiger partial charge in [-0.05, 0) is 71.0 Å². The molecule has 1 heterocycles. The zero-order chi connectivity index (χ0) is 33.2. The summed E-state index contributed by atoms with van der Waals surface area (Å²) in [6.45, 7) is 8.95. The number of rotatable bonds is 6. The van der Waals surface area contributed by atoms with Crippen LogP contribution in [-0.2, 0) is 15.7 Å². The molecule has 44 heavy (non-hydrogen) atoms. The molecule has 0 unspecified atom stereocenters. The molecule has 1 aliphatic rings. The highest BCUT2D eigenvalue weighted by atomic mass is 32.1. The van der Waals surface area contributed by atoms with E-state index in [9.17, 15) is 27.6 Å². The van der Waals surface area contributed by atoms with E-state index in [1.54, 1.807) is 20.8 Å². The normalized spacial score (nSPS) is 14.0. The lowest BCUT2D eigenvalue weighted by atomic mass is 9.98. The molecule has 3 rings (SSSR count). The third-order valence-electron chi connectivity index (χ3n) is 7.03. The van der Waals surface area contributed by atoms with Gasteiger partial charge in [-0.25, -0.2) is 9.18 Å². The smallest absolute Gasteiger partial charge is 0.417 e. The number of amides is 3. The van der Waals surface area contributed by atoms with Gasteiger partial charge >= 0.3 is 12.3 Å². The maximum atomic E-state index is 15.3. The molecule has 0 spiro atoms. The summed E-state index contributed by atoms with van der Waals surface area (Å²) in [6.07, 6.45) is -5.31. The lowest BCUT2D eigenvalue weighted by Gasteiger charge is -2.38. The van der Waals surface area contributed by atoms with Crippen LogP contribution in [0.2, 0.25) is 0 Å². The van der Waals surface area contributed by atoms with Gasteiger partial charge in [-0.1, -0.05) is 12.2 Å². The standard InChI is InChI=1S/C30H33F4N5O4S/c1-28(2,3)43-27(42)38-13-11-37(12-14-38)25(40)22-10-9-21(16-24(22)31)39(18-44)29(4,5)26(41)36(6)20-8-7-19(17-35)23(15-20)30(32,33)34/h7-10,15-16,18H,11-14H2,1-6H3. The van der Waals surface area contributed by atoms with E-state index in [1.807, 2.05) is 0 Å². The summed E-state index contributed by atoms with van der Waals surface area (Å²) in [7, 11) is 1.28. The van der Waals surface area contributed by atoms with Crippen molar-refractivity contribution in [2.45, 2.75) is 51.9 Å². The molecular formula is C30H33F4N5O4S. The topological polar surface area (TPSA) is 97.2 Å². The Hall–Kier alpha value is -4.25. The summed E-state index contributed by atoms with van der Waals surface area (Å²) >= 11 is 5.13. The van der Waals surface area contributed by atoms with Crippen molar-refractivity contribution in [2.24, 2.45) is 0 Å². The predicted molar refractivity (Wildman–Crippen MR) is 160 cm³/mol. The van der Waals surface area contributed by atoms with Gasteiger partial charge in [0.25, 0.3) is 11.8 Å². The van der Waals surface area contributed by atoms with E-state index in [0.717, 1.165) is 22.5 Å². The first kappa shape index (κ1) is 34.2. The van der Waals surface area contributed by atoms with Crippen LogP contribution in [0.25, 0.3) is 0 Å². The number of benzene rings is 2. The third-order valence-corrected chi connectivity index (χ3v) is 7.24. The molecule has 14 heteroatoms. The fraction of sp³-hybridized carbons (Fsp3) is 0.433. The molecule has 236 valence electrons. The molecule has 2 aromatic rings. The minimum absolute atomic E-state index is 0.113. The largest absolute Gasteiger partial charge is 0.444 e. The van der Waals surface area contributed by atoms with Gasteiger partial charge in [0.2, 0.25) is 0 Å². The lowest BCUT2D eigenvalue weighted by Crippen LogP contribution is -2.55. The van der Waals surface area contributed by atoms with E-state index in [4.69, 9.17) is 22.2 Å². The number of nitriles is 1. The average Bonchev–Trinajstić information content (AvgIpc) is 2.94. The quantitative estimate of drug-likeness (QED) is 0.301. The molecule has 0 saturated carbocycles. The molecule has 9 nitrogen and oxygen atoms in total. The second kappa shape index (κ2) is 12.8. The minimum atomic E-state index is -4.82. The number of anilines is 2. The number of halogens is 4. The Morgan fingerprint density at radius 3 is 2.02 bits per heavy atom. The van der Waals surface area contributed by atoms with Crippen molar-refractivity contribution < 1.29 is 36.7 Å². The number of piperazine rings is 1. The van der Waals surface area contributed by atoms with Crippen molar-refractivity contribution in [3.05, 3.63) is 58.9 Å². The number of hydrogen-bond acceptors (Lipinski definition) is 6. The van der Waals surface area contributed by atoms with Crippen LogP contribution in [0, 0.1) is 17.1 Å². The third kappa shape index (κ3) is 7.45. The number of alkyl halides is 3. The van der Waals surface area contributed by atoms with E-state index in [1.165, 1.54) is 59.9 Å². The van der Waals surface area contributed by atoms with Gasteiger partial charge in [0.05, 0.1) is 28.3 Å². The van der Waals surface area contributed by atoms with Crippen molar-refractivity contribution in [3.63, 3.8) is 0 Å². The summed E-state index contributed by atoms with van der Waals surface area (Å²) in [4.78, 5) is 44.2. The van der Waals surface area contributed by atoms with E-state index in [2.05, 4.69) is 0 Å². The van der Waals surface area contributed by atoms with Gasteiger partial charge in [0.15, 0.2) is 0 Å². The Kier molecular flexibility index (Phi) is 9.94. The summed E-state index contributed by atoms with van der Waals surface area (Å²) in [5.41, 5.74) is -3.05. The highest BCUT2D eigenvalue weighted by molar-refractivity contribution is 7.79. The highest BCUT2D eigenvalue weighted by Gasteiger charge is 2.39. The van der Waals surface area contributed by atoms with Gasteiger partial charge in [-0.3, -0.25) is 9.59 Å². The number of hydrogen-bond donors (Lipinski definition) is 0. The molecule has 2 aromatic carbocycles. The first-order valence-corrected chi connectivity index (χ1v) is 14.0. The molecule has 1 saturated heterocycles. The second-order valence-electron chi connectivity index (χ2n) is 11.7. The Bertz CT molecular complexity index is 1490. The van der Waals surface area contributed by atoms with Gasteiger partial charge in [0, 0.05) is 44.6 Å². The zero-order valence-electron chi connectivity index (χ0n) is 25.2. The van der Waals surface area contributed by atoms with Crippen LogP contribution in [0.4, 0.5) is 33.7 Å².